The molecule has 1 saturated carbocycles. The van der Waals surface area contributed by atoms with Crippen LogP contribution in [-0.2, 0) is 14.3 Å². The summed E-state index contributed by atoms with van der Waals surface area (Å²) in [7, 11) is 0. The smallest absolute Gasteiger partial charge is 0.239 e. The number of piperazine rings is 1. The van der Waals surface area contributed by atoms with Crippen molar-refractivity contribution in [3.05, 3.63) is 0 Å². The molecule has 1 aliphatic carbocycles. The Labute approximate surface area is 156 Å². The van der Waals surface area contributed by atoms with Gasteiger partial charge in [0.05, 0.1) is 19.3 Å². The molecule has 26 heavy (non-hydrogen) atoms. The molecule has 3 saturated heterocycles. The Morgan fingerprint density at radius 2 is 1.65 bits per heavy atom. The van der Waals surface area contributed by atoms with E-state index in [9.17, 15) is 9.59 Å². The molecule has 0 radical (unpaired) electrons. The lowest BCUT2D eigenvalue weighted by molar-refractivity contribution is -0.142. The Morgan fingerprint density at radius 1 is 1.00 bits per heavy atom. The van der Waals surface area contributed by atoms with Gasteiger partial charge in [-0.1, -0.05) is 0 Å². The van der Waals surface area contributed by atoms with Crippen molar-refractivity contribution in [3.63, 3.8) is 0 Å². The monoisotopic (exact) mass is 364 g/mol. The van der Waals surface area contributed by atoms with Gasteiger partial charge in [0.15, 0.2) is 0 Å². The van der Waals surface area contributed by atoms with E-state index in [1.54, 1.807) is 0 Å². The summed E-state index contributed by atoms with van der Waals surface area (Å²) < 4.78 is 5.34. The van der Waals surface area contributed by atoms with Gasteiger partial charge in [0.25, 0.3) is 0 Å². The maximum atomic E-state index is 12.9. The average Bonchev–Trinajstić information content (AvgIpc) is 3.40. The van der Waals surface area contributed by atoms with Crippen LogP contribution in [0, 0.1) is 11.3 Å². The van der Waals surface area contributed by atoms with Crippen LogP contribution in [0.25, 0.3) is 0 Å². The van der Waals surface area contributed by atoms with Crippen molar-refractivity contribution in [3.8, 4) is 0 Å². The highest BCUT2D eigenvalue weighted by Gasteiger charge is 2.58. The lowest BCUT2D eigenvalue weighted by Gasteiger charge is -2.40. The molecule has 1 N–H and O–H groups in total. The lowest BCUT2D eigenvalue weighted by Crippen LogP contribution is -2.57. The molecule has 4 aliphatic rings. The number of nitrogens with zero attached hydrogens (tertiary/aromatic N) is 3. The first kappa shape index (κ1) is 18.2. The Hall–Kier alpha value is -1.18. The van der Waals surface area contributed by atoms with Crippen LogP contribution in [0.2, 0.25) is 0 Å². The van der Waals surface area contributed by atoms with Gasteiger partial charge in [-0.15, -0.1) is 0 Å². The Kier molecular flexibility index (Phi) is 5.21. The third kappa shape index (κ3) is 3.49. The molecular weight excluding hydrogens is 332 g/mol. The summed E-state index contributed by atoms with van der Waals surface area (Å²) in [6, 6.07) is -0.109. The van der Waals surface area contributed by atoms with E-state index >= 15 is 0 Å². The fourth-order valence-electron chi connectivity index (χ4n) is 4.93. The molecule has 4 rings (SSSR count). The van der Waals surface area contributed by atoms with Gasteiger partial charge in [-0.05, 0) is 44.7 Å². The number of amides is 2. The molecule has 3 heterocycles. The van der Waals surface area contributed by atoms with Crippen LogP contribution in [0.5, 0.6) is 0 Å². The molecule has 3 aliphatic heterocycles. The average molecular weight is 364 g/mol. The van der Waals surface area contributed by atoms with Gasteiger partial charge < -0.3 is 19.9 Å². The van der Waals surface area contributed by atoms with Gasteiger partial charge in [-0.2, -0.15) is 0 Å². The fourth-order valence-corrected chi connectivity index (χ4v) is 4.93. The second-order valence-corrected chi connectivity index (χ2v) is 8.34. The topological polar surface area (TPSA) is 65.1 Å². The summed E-state index contributed by atoms with van der Waals surface area (Å²) in [5.74, 6) is 0.811. The third-order valence-electron chi connectivity index (χ3n) is 6.94. The maximum absolute atomic E-state index is 12.9. The minimum absolute atomic E-state index is 0.109. The fraction of sp³-hybridized carbons (Fsp3) is 0.895. The first-order valence-electron chi connectivity index (χ1n) is 10.2. The second kappa shape index (κ2) is 7.44. The van der Waals surface area contributed by atoms with E-state index in [0.717, 1.165) is 58.5 Å². The normalized spacial score (nSPS) is 30.3. The molecular formula is C19H32N4O3. The quantitative estimate of drug-likeness (QED) is 0.749. The highest BCUT2D eigenvalue weighted by molar-refractivity contribution is 5.83. The van der Waals surface area contributed by atoms with E-state index in [1.807, 2.05) is 16.7 Å². The van der Waals surface area contributed by atoms with Crippen molar-refractivity contribution in [2.24, 2.45) is 11.3 Å². The molecule has 2 atom stereocenters. The number of carbonyl (C=O) groups excluding carboxylic acids is 2. The van der Waals surface area contributed by atoms with Gasteiger partial charge in [0, 0.05) is 45.2 Å². The first-order chi connectivity index (χ1) is 12.6. The third-order valence-corrected chi connectivity index (χ3v) is 6.94. The van der Waals surface area contributed by atoms with Crippen LogP contribution in [0.3, 0.4) is 0 Å². The van der Waals surface area contributed by atoms with E-state index in [2.05, 4.69) is 10.2 Å². The number of hydrogen-bond acceptors (Lipinski definition) is 5. The predicted octanol–water partition coefficient (Wildman–Crippen LogP) is -0.232. The van der Waals surface area contributed by atoms with Crippen molar-refractivity contribution in [1.29, 1.82) is 0 Å². The molecule has 0 aromatic rings. The number of ether oxygens (including phenoxy) is 1. The van der Waals surface area contributed by atoms with Crippen LogP contribution in [0.4, 0.5) is 0 Å². The van der Waals surface area contributed by atoms with Crippen molar-refractivity contribution in [2.75, 3.05) is 65.6 Å². The van der Waals surface area contributed by atoms with Crippen LogP contribution in [0.15, 0.2) is 0 Å². The summed E-state index contributed by atoms with van der Waals surface area (Å²) in [6.07, 6.45) is 3.38. The Bertz CT molecular complexity index is 535. The summed E-state index contributed by atoms with van der Waals surface area (Å²) in [5.41, 5.74) is 0.305. The van der Waals surface area contributed by atoms with Crippen molar-refractivity contribution in [2.45, 2.75) is 32.2 Å². The minimum Gasteiger partial charge on any atom is -0.378 e. The Balaban J connectivity index is 1.26. The second-order valence-electron chi connectivity index (χ2n) is 8.34. The van der Waals surface area contributed by atoms with E-state index < -0.39 is 0 Å². The molecule has 7 nitrogen and oxygen atoms in total. The molecule has 146 valence electrons. The molecule has 0 aromatic carbocycles. The maximum Gasteiger partial charge on any atom is 0.239 e. The van der Waals surface area contributed by atoms with Crippen molar-refractivity contribution in [1.82, 2.24) is 20.0 Å². The van der Waals surface area contributed by atoms with E-state index in [4.69, 9.17) is 4.74 Å². The van der Waals surface area contributed by atoms with Gasteiger partial charge >= 0.3 is 0 Å². The van der Waals surface area contributed by atoms with Crippen LogP contribution < -0.4 is 5.32 Å². The van der Waals surface area contributed by atoms with Crippen LogP contribution >= 0.6 is 0 Å². The molecule has 2 unspecified atom stereocenters. The molecule has 2 amide bonds. The number of hydrogen-bond donors (Lipinski definition) is 1. The minimum atomic E-state index is -0.109. The molecule has 4 fully saturated rings. The number of morpholine rings is 1. The lowest BCUT2D eigenvalue weighted by atomic mass is 9.91. The predicted molar refractivity (Wildman–Crippen MR) is 97.7 cm³/mol. The van der Waals surface area contributed by atoms with Crippen molar-refractivity contribution >= 4 is 11.8 Å². The van der Waals surface area contributed by atoms with Gasteiger partial charge in [0.1, 0.15) is 0 Å². The van der Waals surface area contributed by atoms with Crippen LogP contribution in [0.1, 0.15) is 26.2 Å². The number of nitrogens with one attached hydrogen (secondary N) is 1. The van der Waals surface area contributed by atoms with Gasteiger partial charge in [-0.3, -0.25) is 14.5 Å². The largest absolute Gasteiger partial charge is 0.378 e. The number of piperidine rings is 1. The summed E-state index contributed by atoms with van der Waals surface area (Å²) >= 11 is 0. The van der Waals surface area contributed by atoms with Gasteiger partial charge in [-0.25, -0.2) is 0 Å². The molecule has 1 spiro atoms. The zero-order chi connectivity index (χ0) is 18.1. The van der Waals surface area contributed by atoms with E-state index in [1.165, 1.54) is 0 Å². The molecule has 0 aromatic heterocycles. The summed E-state index contributed by atoms with van der Waals surface area (Å²) in [5, 5.41) is 3.40. The number of carbonyl (C=O) groups is 2. The highest BCUT2D eigenvalue weighted by Crippen LogP contribution is 2.59. The van der Waals surface area contributed by atoms with E-state index in [-0.39, 0.29) is 17.9 Å². The SMILES string of the molecule is CC(C(=O)N1CCOCC1)N1CCN(C(=O)C2CC23CCNCC3)CC1. The Morgan fingerprint density at radius 3 is 2.31 bits per heavy atom. The van der Waals surface area contributed by atoms with Crippen LogP contribution in [-0.4, -0.2) is 98.1 Å². The zero-order valence-electron chi connectivity index (χ0n) is 15.9. The summed E-state index contributed by atoms with van der Waals surface area (Å²) in [4.78, 5) is 31.8. The first-order valence-corrected chi connectivity index (χ1v) is 10.2. The standard InChI is InChI=1S/C19H32N4O3/c1-15(17(24)23-10-12-26-13-11-23)21-6-8-22(9-7-21)18(25)16-14-19(16)2-4-20-5-3-19/h15-16,20H,2-14H2,1H3. The van der Waals surface area contributed by atoms with Crippen molar-refractivity contribution < 1.29 is 14.3 Å². The molecule has 7 heteroatoms. The zero-order valence-corrected chi connectivity index (χ0v) is 15.9. The molecule has 0 bridgehead atoms. The highest BCUT2D eigenvalue weighted by atomic mass is 16.5. The summed E-state index contributed by atoms with van der Waals surface area (Å²) in [6.45, 7) is 9.88. The van der Waals surface area contributed by atoms with Gasteiger partial charge in [0.2, 0.25) is 11.8 Å². The number of rotatable bonds is 3. The van der Waals surface area contributed by atoms with E-state index in [0.29, 0.717) is 37.6 Å².